The molecule has 10 heteroatoms. The number of nitrogens with zero attached hydrogens (tertiary/aromatic N) is 2. The molecule has 1 atom stereocenters. The van der Waals surface area contributed by atoms with Crippen molar-refractivity contribution in [3.05, 3.63) is 65.2 Å². The van der Waals surface area contributed by atoms with E-state index in [1.807, 2.05) is 31.2 Å². The van der Waals surface area contributed by atoms with Gasteiger partial charge in [-0.2, -0.15) is 13.2 Å². The molecular weight excluding hydrogens is 461 g/mol. The Morgan fingerprint density at radius 2 is 1.60 bits per heavy atom. The predicted molar refractivity (Wildman–Crippen MR) is 125 cm³/mol. The summed E-state index contributed by atoms with van der Waals surface area (Å²) in [6, 6.07) is 12.0. The Labute approximate surface area is 202 Å². The zero-order chi connectivity index (χ0) is 25.6. The van der Waals surface area contributed by atoms with E-state index in [0.717, 1.165) is 17.2 Å². The summed E-state index contributed by atoms with van der Waals surface area (Å²) in [6.07, 6.45) is -4.46. The molecular formula is C25H29F3N4O3. The van der Waals surface area contributed by atoms with Gasteiger partial charge < -0.3 is 15.5 Å². The van der Waals surface area contributed by atoms with E-state index in [2.05, 4.69) is 10.6 Å². The van der Waals surface area contributed by atoms with E-state index in [1.165, 1.54) is 25.1 Å². The maximum absolute atomic E-state index is 13.1. The number of rotatable bonds is 7. The van der Waals surface area contributed by atoms with Crippen molar-refractivity contribution in [1.29, 1.82) is 0 Å². The Bertz CT molecular complexity index is 1050. The monoisotopic (exact) mass is 490 g/mol. The van der Waals surface area contributed by atoms with Crippen molar-refractivity contribution in [3.8, 4) is 0 Å². The lowest BCUT2D eigenvalue weighted by Gasteiger charge is -2.35. The molecule has 3 amide bonds. The van der Waals surface area contributed by atoms with Crippen molar-refractivity contribution in [2.75, 3.05) is 38.0 Å². The van der Waals surface area contributed by atoms with Gasteiger partial charge in [-0.25, -0.2) is 0 Å². The summed E-state index contributed by atoms with van der Waals surface area (Å²) in [5.74, 6) is -0.898. The lowest BCUT2D eigenvalue weighted by atomic mass is 10.0. The fraction of sp³-hybridized carbons (Fsp3) is 0.400. The summed E-state index contributed by atoms with van der Waals surface area (Å²) in [7, 11) is 0. The van der Waals surface area contributed by atoms with Crippen molar-refractivity contribution in [3.63, 3.8) is 0 Å². The molecule has 1 saturated heterocycles. The summed E-state index contributed by atoms with van der Waals surface area (Å²) in [4.78, 5) is 40.4. The summed E-state index contributed by atoms with van der Waals surface area (Å²) >= 11 is 0. The fourth-order valence-electron chi connectivity index (χ4n) is 3.99. The van der Waals surface area contributed by atoms with Crippen molar-refractivity contribution >= 4 is 23.4 Å². The molecule has 0 aromatic heterocycles. The fourth-order valence-corrected chi connectivity index (χ4v) is 3.99. The van der Waals surface area contributed by atoms with Gasteiger partial charge in [0, 0.05) is 33.1 Å². The summed E-state index contributed by atoms with van der Waals surface area (Å²) < 4.78 is 39.4. The highest BCUT2D eigenvalue weighted by molar-refractivity contribution is 5.93. The van der Waals surface area contributed by atoms with E-state index in [4.69, 9.17) is 0 Å². The maximum Gasteiger partial charge on any atom is 0.418 e. The standard InChI is InChI=1S/C25H29F3N4O3/c1-17-7-9-19(10-8-17)22(29-18(2)33)15-24(35)32-13-11-31(12-14-32)16-23(34)30-21-6-4-3-5-20(21)25(26,27)28/h3-10,22H,11-16H2,1-2H3,(H,29,33)(H,30,34)/t22-/m1/s1. The molecule has 0 aliphatic carbocycles. The van der Waals surface area contributed by atoms with Gasteiger partial charge in [0.2, 0.25) is 17.7 Å². The maximum atomic E-state index is 13.1. The third kappa shape index (κ3) is 7.54. The highest BCUT2D eigenvalue weighted by atomic mass is 19.4. The number of halogens is 3. The van der Waals surface area contributed by atoms with Crippen molar-refractivity contribution in [2.45, 2.75) is 32.5 Å². The van der Waals surface area contributed by atoms with Gasteiger partial charge in [-0.05, 0) is 24.6 Å². The van der Waals surface area contributed by atoms with Crippen LogP contribution in [-0.2, 0) is 20.6 Å². The number of carbonyl (C=O) groups excluding carboxylic acids is 3. The molecule has 0 bridgehead atoms. The van der Waals surface area contributed by atoms with Crippen LogP contribution in [0, 0.1) is 6.92 Å². The minimum absolute atomic E-state index is 0.0773. The molecule has 0 saturated carbocycles. The molecule has 2 aromatic carbocycles. The lowest BCUT2D eigenvalue weighted by Crippen LogP contribution is -2.51. The van der Waals surface area contributed by atoms with Crippen LogP contribution in [0.3, 0.4) is 0 Å². The van der Waals surface area contributed by atoms with E-state index in [0.29, 0.717) is 26.2 Å². The number of hydrogen-bond donors (Lipinski definition) is 2. The van der Waals surface area contributed by atoms with Crippen LogP contribution >= 0.6 is 0 Å². The minimum Gasteiger partial charge on any atom is -0.349 e. The van der Waals surface area contributed by atoms with Gasteiger partial charge in [-0.1, -0.05) is 42.0 Å². The summed E-state index contributed by atoms with van der Waals surface area (Å²) in [5, 5.41) is 5.17. The number of carbonyl (C=O) groups is 3. The van der Waals surface area contributed by atoms with Crippen LogP contribution < -0.4 is 10.6 Å². The molecule has 0 radical (unpaired) electrons. The number of aryl methyl sites for hydroxylation is 1. The first-order valence-electron chi connectivity index (χ1n) is 11.3. The van der Waals surface area contributed by atoms with Crippen LogP contribution in [0.25, 0.3) is 0 Å². The van der Waals surface area contributed by atoms with Gasteiger partial charge in [-0.3, -0.25) is 19.3 Å². The van der Waals surface area contributed by atoms with Crippen molar-refractivity contribution in [1.82, 2.24) is 15.1 Å². The molecule has 1 fully saturated rings. The van der Waals surface area contributed by atoms with Gasteiger partial charge in [-0.15, -0.1) is 0 Å². The second-order valence-electron chi connectivity index (χ2n) is 8.62. The molecule has 3 rings (SSSR count). The van der Waals surface area contributed by atoms with Gasteiger partial charge in [0.25, 0.3) is 0 Å². The highest BCUT2D eigenvalue weighted by Gasteiger charge is 2.34. The zero-order valence-corrected chi connectivity index (χ0v) is 19.7. The van der Waals surface area contributed by atoms with Crippen LogP contribution in [0.2, 0.25) is 0 Å². The Hall–Kier alpha value is -3.40. The Morgan fingerprint density at radius 3 is 2.20 bits per heavy atom. The minimum atomic E-state index is -4.57. The molecule has 2 N–H and O–H groups in total. The average molecular weight is 491 g/mol. The number of hydrogen-bond acceptors (Lipinski definition) is 4. The van der Waals surface area contributed by atoms with Gasteiger partial charge in [0.15, 0.2) is 0 Å². The molecule has 0 spiro atoms. The lowest BCUT2D eigenvalue weighted by molar-refractivity contribution is -0.137. The Balaban J connectivity index is 1.52. The third-order valence-electron chi connectivity index (χ3n) is 5.83. The zero-order valence-electron chi connectivity index (χ0n) is 19.7. The summed E-state index contributed by atoms with van der Waals surface area (Å²) in [5.41, 5.74) is 0.738. The Morgan fingerprint density at radius 1 is 0.971 bits per heavy atom. The predicted octanol–water partition coefficient (Wildman–Crippen LogP) is 3.36. The molecule has 1 heterocycles. The average Bonchev–Trinajstić information content (AvgIpc) is 2.79. The van der Waals surface area contributed by atoms with E-state index in [9.17, 15) is 27.6 Å². The molecule has 1 aliphatic heterocycles. The number of benzene rings is 2. The van der Waals surface area contributed by atoms with Crippen LogP contribution in [0.1, 0.15) is 36.1 Å². The molecule has 2 aromatic rings. The SMILES string of the molecule is CC(=O)N[C@H](CC(=O)N1CCN(CC(=O)Nc2ccccc2C(F)(F)F)CC1)c1ccc(C)cc1. The summed E-state index contributed by atoms with van der Waals surface area (Å²) in [6.45, 7) is 4.87. The number of para-hydroxylation sites is 1. The molecule has 188 valence electrons. The highest BCUT2D eigenvalue weighted by Crippen LogP contribution is 2.34. The van der Waals surface area contributed by atoms with Crippen LogP contribution in [0.15, 0.2) is 48.5 Å². The quantitative estimate of drug-likeness (QED) is 0.624. The van der Waals surface area contributed by atoms with Crippen LogP contribution in [0.4, 0.5) is 18.9 Å². The van der Waals surface area contributed by atoms with E-state index in [1.54, 1.807) is 9.80 Å². The first-order chi connectivity index (χ1) is 16.5. The van der Waals surface area contributed by atoms with Crippen molar-refractivity contribution in [2.24, 2.45) is 0 Å². The molecule has 7 nitrogen and oxygen atoms in total. The number of piperazine rings is 1. The van der Waals surface area contributed by atoms with Crippen molar-refractivity contribution < 1.29 is 27.6 Å². The van der Waals surface area contributed by atoms with E-state index in [-0.39, 0.29) is 30.5 Å². The third-order valence-corrected chi connectivity index (χ3v) is 5.83. The van der Waals surface area contributed by atoms with Gasteiger partial charge in [0.05, 0.1) is 30.3 Å². The second kappa shape index (κ2) is 11.4. The van der Waals surface area contributed by atoms with Crippen LogP contribution in [0.5, 0.6) is 0 Å². The Kier molecular flexibility index (Phi) is 8.50. The largest absolute Gasteiger partial charge is 0.418 e. The van der Waals surface area contributed by atoms with Crippen LogP contribution in [-0.4, -0.2) is 60.2 Å². The smallest absolute Gasteiger partial charge is 0.349 e. The van der Waals surface area contributed by atoms with Gasteiger partial charge in [0.1, 0.15) is 0 Å². The normalized spacial score (nSPS) is 15.4. The van der Waals surface area contributed by atoms with Gasteiger partial charge >= 0.3 is 6.18 Å². The molecule has 35 heavy (non-hydrogen) atoms. The molecule has 0 unspecified atom stereocenters. The van der Waals surface area contributed by atoms with E-state index < -0.39 is 23.7 Å². The second-order valence-corrected chi connectivity index (χ2v) is 8.62. The first kappa shape index (κ1) is 26.2. The number of nitrogens with one attached hydrogen (secondary N) is 2. The number of amides is 3. The number of anilines is 1. The molecule has 1 aliphatic rings. The first-order valence-corrected chi connectivity index (χ1v) is 11.3. The number of alkyl halides is 3. The topological polar surface area (TPSA) is 81.8 Å². The van der Waals surface area contributed by atoms with E-state index >= 15 is 0 Å².